The Kier molecular flexibility index (Phi) is 3.25. The van der Waals surface area contributed by atoms with Gasteiger partial charge in [0.15, 0.2) is 0 Å². The molecule has 0 aliphatic carbocycles. The van der Waals surface area contributed by atoms with Crippen LogP contribution in [0.25, 0.3) is 0 Å². The van der Waals surface area contributed by atoms with Crippen LogP contribution in [0.3, 0.4) is 0 Å². The third kappa shape index (κ3) is 3.11. The highest BCUT2D eigenvalue weighted by molar-refractivity contribution is 5.71. The first kappa shape index (κ1) is 9.51. The highest BCUT2D eigenvalue weighted by Crippen LogP contribution is 2.09. The molecule has 0 atom stereocenters. The summed E-state index contributed by atoms with van der Waals surface area (Å²) in [4.78, 5) is 14.9. The summed E-state index contributed by atoms with van der Waals surface area (Å²) in [6.07, 6.45) is 1.16. The number of anilines is 1. The number of nitrogens with two attached hydrogens (primary N) is 1. The van der Waals surface area contributed by atoms with Crippen LogP contribution in [0, 0.1) is 0 Å². The third-order valence-electron chi connectivity index (χ3n) is 1.42. The third-order valence-corrected chi connectivity index (χ3v) is 1.42. The molecule has 0 aromatic carbocycles. The molecule has 0 unspecified atom stereocenters. The van der Waals surface area contributed by atoms with Gasteiger partial charge in [-0.3, -0.25) is 4.79 Å². The molecule has 0 radical (unpaired) electrons. The molecular formula is C9H12N2O2. The molecule has 1 aromatic heterocycles. The molecule has 13 heavy (non-hydrogen) atoms. The van der Waals surface area contributed by atoms with E-state index in [-0.39, 0.29) is 11.8 Å². The molecule has 1 rings (SSSR count). The van der Waals surface area contributed by atoms with Gasteiger partial charge in [0.25, 0.3) is 0 Å². The summed E-state index contributed by atoms with van der Waals surface area (Å²) < 4.78 is 4.91. The first-order valence-electron chi connectivity index (χ1n) is 4.15. The van der Waals surface area contributed by atoms with E-state index in [1.165, 1.54) is 0 Å². The van der Waals surface area contributed by atoms with Gasteiger partial charge in [-0.15, -0.1) is 0 Å². The second-order valence-electron chi connectivity index (χ2n) is 2.62. The van der Waals surface area contributed by atoms with Crippen LogP contribution >= 0.6 is 0 Å². The Bertz CT molecular complexity index is 299. The standard InChI is InChI=1S/C9H12N2O2/c1-2-4-9(12)13-8-6-3-5-7(10)11-8/h3,5-6H,2,4H2,1H3,(H2,10,11). The van der Waals surface area contributed by atoms with Crippen LogP contribution in [0.2, 0.25) is 0 Å². The Labute approximate surface area is 76.7 Å². The van der Waals surface area contributed by atoms with Gasteiger partial charge in [0.05, 0.1) is 0 Å². The number of ether oxygens (including phenoxy) is 1. The van der Waals surface area contributed by atoms with Gasteiger partial charge in [-0.2, -0.15) is 4.98 Å². The summed E-state index contributed by atoms with van der Waals surface area (Å²) >= 11 is 0. The summed E-state index contributed by atoms with van der Waals surface area (Å²) in [7, 11) is 0. The summed E-state index contributed by atoms with van der Waals surface area (Å²) in [6, 6.07) is 4.93. The van der Waals surface area contributed by atoms with Crippen molar-refractivity contribution in [2.75, 3.05) is 5.73 Å². The molecule has 2 N–H and O–H groups in total. The molecule has 1 heterocycles. The number of esters is 1. The molecule has 0 amide bonds. The average molecular weight is 180 g/mol. The van der Waals surface area contributed by atoms with E-state index in [1.807, 2.05) is 6.92 Å². The largest absolute Gasteiger partial charge is 0.407 e. The molecule has 0 saturated carbocycles. The van der Waals surface area contributed by atoms with Crippen molar-refractivity contribution in [3.63, 3.8) is 0 Å². The van der Waals surface area contributed by atoms with Crippen molar-refractivity contribution in [3.8, 4) is 5.88 Å². The summed E-state index contributed by atoms with van der Waals surface area (Å²) in [5.41, 5.74) is 5.41. The lowest BCUT2D eigenvalue weighted by Gasteiger charge is -2.01. The van der Waals surface area contributed by atoms with Crippen LogP contribution in [-0.2, 0) is 4.79 Å². The highest BCUT2D eigenvalue weighted by Gasteiger charge is 2.03. The van der Waals surface area contributed by atoms with Crippen LogP contribution in [0.15, 0.2) is 18.2 Å². The number of carbonyl (C=O) groups is 1. The fourth-order valence-corrected chi connectivity index (χ4v) is 0.859. The second-order valence-corrected chi connectivity index (χ2v) is 2.62. The predicted molar refractivity (Wildman–Crippen MR) is 49.2 cm³/mol. The minimum absolute atomic E-state index is 0.262. The van der Waals surface area contributed by atoms with E-state index in [1.54, 1.807) is 18.2 Å². The van der Waals surface area contributed by atoms with Gasteiger partial charge in [-0.1, -0.05) is 13.0 Å². The molecule has 4 heteroatoms. The van der Waals surface area contributed by atoms with Gasteiger partial charge < -0.3 is 10.5 Å². The van der Waals surface area contributed by atoms with E-state index >= 15 is 0 Å². The van der Waals surface area contributed by atoms with Gasteiger partial charge in [-0.05, 0) is 12.5 Å². The fourth-order valence-electron chi connectivity index (χ4n) is 0.859. The Morgan fingerprint density at radius 3 is 3.00 bits per heavy atom. The fraction of sp³-hybridized carbons (Fsp3) is 0.333. The van der Waals surface area contributed by atoms with Crippen molar-refractivity contribution >= 4 is 11.8 Å². The van der Waals surface area contributed by atoms with Crippen LogP contribution in [0.1, 0.15) is 19.8 Å². The van der Waals surface area contributed by atoms with E-state index in [0.717, 1.165) is 6.42 Å². The normalized spacial score (nSPS) is 9.62. The molecular weight excluding hydrogens is 168 g/mol. The number of rotatable bonds is 3. The van der Waals surface area contributed by atoms with Crippen molar-refractivity contribution < 1.29 is 9.53 Å². The van der Waals surface area contributed by atoms with Crippen molar-refractivity contribution in [3.05, 3.63) is 18.2 Å². The number of aromatic nitrogens is 1. The number of nitrogens with zero attached hydrogens (tertiary/aromatic N) is 1. The molecule has 4 nitrogen and oxygen atoms in total. The summed E-state index contributed by atoms with van der Waals surface area (Å²) in [6.45, 7) is 1.91. The number of pyridine rings is 1. The Balaban J connectivity index is 2.58. The van der Waals surface area contributed by atoms with Gasteiger partial charge in [0.1, 0.15) is 5.82 Å². The van der Waals surface area contributed by atoms with E-state index in [2.05, 4.69) is 4.98 Å². The zero-order valence-corrected chi connectivity index (χ0v) is 7.49. The number of nitrogen functional groups attached to an aromatic ring is 1. The number of carbonyl (C=O) groups excluding carboxylic acids is 1. The van der Waals surface area contributed by atoms with Crippen molar-refractivity contribution in [1.82, 2.24) is 4.98 Å². The van der Waals surface area contributed by atoms with Gasteiger partial charge >= 0.3 is 5.97 Å². The lowest BCUT2D eigenvalue weighted by atomic mass is 10.3. The van der Waals surface area contributed by atoms with Crippen LogP contribution in [0.5, 0.6) is 5.88 Å². The predicted octanol–water partition coefficient (Wildman–Crippen LogP) is 1.37. The van der Waals surface area contributed by atoms with Crippen molar-refractivity contribution in [2.45, 2.75) is 19.8 Å². The zero-order chi connectivity index (χ0) is 9.68. The molecule has 0 spiro atoms. The highest BCUT2D eigenvalue weighted by atomic mass is 16.5. The first-order valence-corrected chi connectivity index (χ1v) is 4.15. The topological polar surface area (TPSA) is 65.2 Å². The minimum atomic E-state index is -0.277. The lowest BCUT2D eigenvalue weighted by molar-refractivity contribution is -0.134. The molecule has 0 fully saturated rings. The monoisotopic (exact) mass is 180 g/mol. The SMILES string of the molecule is CCCC(=O)Oc1cccc(N)n1. The Morgan fingerprint density at radius 2 is 2.38 bits per heavy atom. The maximum atomic E-state index is 11.0. The van der Waals surface area contributed by atoms with E-state index in [4.69, 9.17) is 10.5 Å². The zero-order valence-electron chi connectivity index (χ0n) is 7.49. The maximum Gasteiger partial charge on any atom is 0.312 e. The van der Waals surface area contributed by atoms with Crippen LogP contribution in [-0.4, -0.2) is 11.0 Å². The number of hydrogen-bond donors (Lipinski definition) is 1. The van der Waals surface area contributed by atoms with Crippen molar-refractivity contribution in [2.24, 2.45) is 0 Å². The average Bonchev–Trinajstić information content (AvgIpc) is 2.04. The molecule has 0 saturated heterocycles. The molecule has 0 aliphatic rings. The summed E-state index contributed by atoms with van der Waals surface area (Å²) in [5, 5.41) is 0. The van der Waals surface area contributed by atoms with E-state index < -0.39 is 0 Å². The molecule has 0 aliphatic heterocycles. The minimum Gasteiger partial charge on any atom is -0.407 e. The quantitative estimate of drug-likeness (QED) is 0.713. The molecule has 0 bridgehead atoms. The maximum absolute atomic E-state index is 11.0. The van der Waals surface area contributed by atoms with Gasteiger partial charge in [0, 0.05) is 12.5 Å². The molecule has 1 aromatic rings. The smallest absolute Gasteiger partial charge is 0.312 e. The second kappa shape index (κ2) is 4.45. The Hall–Kier alpha value is -1.58. The van der Waals surface area contributed by atoms with Gasteiger partial charge in [0.2, 0.25) is 5.88 Å². The van der Waals surface area contributed by atoms with Crippen LogP contribution < -0.4 is 10.5 Å². The van der Waals surface area contributed by atoms with E-state index in [9.17, 15) is 4.79 Å². The molecule has 70 valence electrons. The van der Waals surface area contributed by atoms with Gasteiger partial charge in [-0.25, -0.2) is 0 Å². The van der Waals surface area contributed by atoms with Crippen LogP contribution in [0.4, 0.5) is 5.82 Å². The van der Waals surface area contributed by atoms with Crippen molar-refractivity contribution in [1.29, 1.82) is 0 Å². The van der Waals surface area contributed by atoms with E-state index in [0.29, 0.717) is 12.2 Å². The lowest BCUT2D eigenvalue weighted by Crippen LogP contribution is -2.08. The Morgan fingerprint density at radius 1 is 1.62 bits per heavy atom. The number of hydrogen-bond acceptors (Lipinski definition) is 4. The summed E-state index contributed by atoms with van der Waals surface area (Å²) in [5.74, 6) is 0.334. The first-order chi connectivity index (χ1) is 6.22.